The van der Waals surface area contributed by atoms with E-state index in [1.54, 1.807) is 19.2 Å². The minimum absolute atomic E-state index is 0.198. The number of hydrogen-bond donors (Lipinski definition) is 2. The Labute approximate surface area is 119 Å². The number of hydrogen-bond acceptors (Lipinski definition) is 4. The average molecular weight is 278 g/mol. The molecule has 1 aliphatic rings. The quantitative estimate of drug-likeness (QED) is 0.810. The first kappa shape index (κ1) is 14.5. The Morgan fingerprint density at radius 3 is 2.45 bits per heavy atom. The van der Waals surface area contributed by atoms with Gasteiger partial charge in [0.05, 0.1) is 25.5 Å². The monoisotopic (exact) mass is 278 g/mol. The third-order valence-electron chi connectivity index (χ3n) is 3.85. The van der Waals surface area contributed by atoms with Crippen molar-refractivity contribution in [2.75, 3.05) is 20.0 Å². The van der Waals surface area contributed by atoms with Crippen molar-refractivity contribution in [1.29, 1.82) is 0 Å². The molecule has 0 aliphatic heterocycles. The van der Waals surface area contributed by atoms with Crippen molar-refractivity contribution in [2.24, 2.45) is 5.92 Å². The van der Waals surface area contributed by atoms with Crippen molar-refractivity contribution in [2.45, 2.75) is 32.2 Å². The lowest BCUT2D eigenvalue weighted by atomic mass is 9.98. The number of ether oxygens (including phenoxy) is 2. The summed E-state index contributed by atoms with van der Waals surface area (Å²) in [6.45, 7) is 4.08. The van der Waals surface area contributed by atoms with Crippen molar-refractivity contribution in [3.05, 3.63) is 17.7 Å². The fourth-order valence-electron chi connectivity index (χ4n) is 2.34. The fraction of sp³-hybridized carbons (Fsp3) is 0.533. The summed E-state index contributed by atoms with van der Waals surface area (Å²) in [4.78, 5) is 12.4. The van der Waals surface area contributed by atoms with Gasteiger partial charge >= 0.3 is 0 Å². The van der Waals surface area contributed by atoms with Crippen molar-refractivity contribution in [1.82, 2.24) is 5.32 Å². The second-order valence-electron chi connectivity index (χ2n) is 5.74. The molecule has 0 radical (unpaired) electrons. The lowest BCUT2D eigenvalue weighted by Crippen LogP contribution is -2.45. The van der Waals surface area contributed by atoms with Crippen LogP contribution in [0.15, 0.2) is 12.1 Å². The normalized spacial score (nSPS) is 14.8. The Kier molecular flexibility index (Phi) is 3.79. The van der Waals surface area contributed by atoms with E-state index in [0.717, 1.165) is 12.8 Å². The second kappa shape index (κ2) is 5.23. The van der Waals surface area contributed by atoms with E-state index >= 15 is 0 Å². The van der Waals surface area contributed by atoms with Crippen LogP contribution in [-0.2, 0) is 0 Å². The van der Waals surface area contributed by atoms with E-state index in [9.17, 15) is 4.79 Å². The van der Waals surface area contributed by atoms with E-state index < -0.39 is 0 Å². The molecule has 110 valence electrons. The highest BCUT2D eigenvalue weighted by Crippen LogP contribution is 2.39. The van der Waals surface area contributed by atoms with E-state index in [-0.39, 0.29) is 11.4 Å². The van der Waals surface area contributed by atoms with Crippen LogP contribution < -0.4 is 20.5 Å². The zero-order chi connectivity index (χ0) is 14.9. The first-order valence-corrected chi connectivity index (χ1v) is 6.73. The van der Waals surface area contributed by atoms with E-state index in [1.165, 1.54) is 7.11 Å². The first-order chi connectivity index (χ1) is 9.39. The van der Waals surface area contributed by atoms with Crippen LogP contribution >= 0.6 is 0 Å². The van der Waals surface area contributed by atoms with Gasteiger partial charge in [-0.05, 0) is 38.7 Å². The molecular formula is C15H22N2O3. The highest BCUT2D eigenvalue weighted by Gasteiger charge is 2.39. The molecule has 0 spiro atoms. The molecule has 0 aromatic heterocycles. The molecule has 0 unspecified atom stereocenters. The fourth-order valence-corrected chi connectivity index (χ4v) is 2.34. The molecule has 1 aromatic rings. The van der Waals surface area contributed by atoms with Gasteiger partial charge < -0.3 is 20.5 Å². The molecule has 0 saturated heterocycles. The first-order valence-electron chi connectivity index (χ1n) is 6.73. The summed E-state index contributed by atoms with van der Waals surface area (Å²) in [5, 5.41) is 3.05. The molecule has 3 N–H and O–H groups in total. The predicted molar refractivity (Wildman–Crippen MR) is 78.2 cm³/mol. The third kappa shape index (κ3) is 2.81. The Hall–Kier alpha value is -1.91. The topological polar surface area (TPSA) is 73.6 Å². The maximum Gasteiger partial charge on any atom is 0.254 e. The maximum absolute atomic E-state index is 12.4. The SMILES string of the molecule is COc1cc(OC)c(N)c(C(=O)NC(C)(C)C2CC2)c1. The van der Waals surface area contributed by atoms with Crippen LogP contribution in [0.5, 0.6) is 11.5 Å². The number of nitrogen functional groups attached to an aromatic ring is 1. The molecule has 1 aliphatic carbocycles. The average Bonchev–Trinajstić information content (AvgIpc) is 3.23. The molecule has 0 atom stereocenters. The molecule has 1 saturated carbocycles. The number of carbonyl (C=O) groups excluding carboxylic acids is 1. The van der Waals surface area contributed by atoms with Gasteiger partial charge in [-0.3, -0.25) is 4.79 Å². The zero-order valence-corrected chi connectivity index (χ0v) is 12.4. The lowest BCUT2D eigenvalue weighted by molar-refractivity contribution is 0.0903. The van der Waals surface area contributed by atoms with Crippen LogP contribution in [-0.4, -0.2) is 25.7 Å². The highest BCUT2D eigenvalue weighted by atomic mass is 16.5. The van der Waals surface area contributed by atoms with Crippen molar-refractivity contribution in [3.8, 4) is 11.5 Å². The number of nitrogens with two attached hydrogens (primary N) is 1. The van der Waals surface area contributed by atoms with E-state index in [2.05, 4.69) is 5.32 Å². The Balaban J connectivity index is 2.28. The second-order valence-corrected chi connectivity index (χ2v) is 5.74. The molecule has 20 heavy (non-hydrogen) atoms. The molecule has 1 fully saturated rings. The summed E-state index contributed by atoms with van der Waals surface area (Å²) in [6.07, 6.45) is 2.31. The number of carbonyl (C=O) groups is 1. The molecule has 5 heteroatoms. The Bertz CT molecular complexity index is 522. The summed E-state index contributed by atoms with van der Waals surface area (Å²) >= 11 is 0. The van der Waals surface area contributed by atoms with Crippen LogP contribution in [0.2, 0.25) is 0 Å². The Morgan fingerprint density at radius 1 is 1.30 bits per heavy atom. The van der Waals surface area contributed by atoms with Crippen molar-refractivity contribution >= 4 is 11.6 Å². The molecule has 5 nitrogen and oxygen atoms in total. The van der Waals surface area contributed by atoms with Crippen molar-refractivity contribution < 1.29 is 14.3 Å². The van der Waals surface area contributed by atoms with Gasteiger partial charge in [-0.2, -0.15) is 0 Å². The summed E-state index contributed by atoms with van der Waals surface area (Å²) in [7, 11) is 3.06. The van der Waals surface area contributed by atoms with Gasteiger partial charge in [-0.15, -0.1) is 0 Å². The van der Waals surface area contributed by atoms with E-state index in [1.807, 2.05) is 13.8 Å². The van der Waals surface area contributed by atoms with E-state index in [4.69, 9.17) is 15.2 Å². The minimum Gasteiger partial charge on any atom is -0.497 e. The van der Waals surface area contributed by atoms with Crippen LogP contribution in [0, 0.1) is 5.92 Å². The maximum atomic E-state index is 12.4. The standard InChI is InChI=1S/C15H22N2O3/c1-15(2,9-5-6-9)17-14(18)11-7-10(19-3)8-12(20-4)13(11)16/h7-9H,5-6,16H2,1-4H3,(H,17,18). The van der Waals surface area contributed by atoms with Gasteiger partial charge in [0, 0.05) is 11.6 Å². The molecule has 0 bridgehead atoms. The number of amides is 1. The van der Waals surface area contributed by atoms with Crippen molar-refractivity contribution in [3.63, 3.8) is 0 Å². The Morgan fingerprint density at radius 2 is 1.95 bits per heavy atom. The van der Waals surface area contributed by atoms with Gasteiger partial charge in [-0.1, -0.05) is 0 Å². The van der Waals surface area contributed by atoms with Crippen LogP contribution in [0.25, 0.3) is 0 Å². The van der Waals surface area contributed by atoms with Gasteiger partial charge in [0.25, 0.3) is 5.91 Å². The van der Waals surface area contributed by atoms with E-state index in [0.29, 0.717) is 28.7 Å². The summed E-state index contributed by atoms with van der Waals surface area (Å²) in [5.41, 5.74) is 6.48. The number of nitrogens with one attached hydrogen (secondary N) is 1. The smallest absolute Gasteiger partial charge is 0.254 e. The summed E-state index contributed by atoms with van der Waals surface area (Å²) in [6, 6.07) is 3.30. The minimum atomic E-state index is -0.222. The van der Waals surface area contributed by atoms with Crippen LogP contribution in [0.1, 0.15) is 37.0 Å². The predicted octanol–water partition coefficient (Wildman–Crippen LogP) is 2.20. The highest BCUT2D eigenvalue weighted by molar-refractivity contribution is 6.01. The number of benzene rings is 1. The van der Waals surface area contributed by atoms with Gasteiger partial charge in [-0.25, -0.2) is 0 Å². The molecule has 1 aromatic carbocycles. The van der Waals surface area contributed by atoms with Gasteiger partial charge in [0.2, 0.25) is 0 Å². The molecule has 0 heterocycles. The number of methoxy groups -OCH3 is 2. The van der Waals surface area contributed by atoms with Gasteiger partial charge in [0.1, 0.15) is 11.5 Å². The largest absolute Gasteiger partial charge is 0.497 e. The molecular weight excluding hydrogens is 256 g/mol. The number of anilines is 1. The third-order valence-corrected chi connectivity index (χ3v) is 3.85. The molecule has 1 amide bonds. The number of rotatable bonds is 5. The van der Waals surface area contributed by atoms with Crippen LogP contribution in [0.3, 0.4) is 0 Å². The van der Waals surface area contributed by atoms with Crippen LogP contribution in [0.4, 0.5) is 5.69 Å². The summed E-state index contributed by atoms with van der Waals surface area (Å²) in [5.74, 6) is 1.33. The zero-order valence-electron chi connectivity index (χ0n) is 12.4. The lowest BCUT2D eigenvalue weighted by Gasteiger charge is -2.26. The van der Waals surface area contributed by atoms with Gasteiger partial charge in [0.15, 0.2) is 0 Å². The summed E-state index contributed by atoms with van der Waals surface area (Å²) < 4.78 is 10.4. The molecule has 2 rings (SSSR count).